The second kappa shape index (κ2) is 6.73. The first-order valence-electron chi connectivity index (χ1n) is 5.50. The number of hydrogen-bond acceptors (Lipinski definition) is 1. The number of aryl methyl sites for hydroxylation is 2. The van der Waals surface area contributed by atoms with Crippen molar-refractivity contribution in [2.24, 2.45) is 0 Å². The Hall–Kier alpha value is -0.690. The van der Waals surface area contributed by atoms with Gasteiger partial charge in [-0.2, -0.15) is 0 Å². The summed E-state index contributed by atoms with van der Waals surface area (Å²) in [5.41, 5.74) is 2.60. The molecule has 0 aliphatic carbocycles. The van der Waals surface area contributed by atoms with Crippen LogP contribution in [0.2, 0.25) is 0 Å². The van der Waals surface area contributed by atoms with E-state index in [0.717, 1.165) is 37.5 Å². The average Bonchev–Trinajstić information content (AvgIpc) is 2.23. The first kappa shape index (κ1) is 12.4. The van der Waals surface area contributed by atoms with Crippen LogP contribution in [0.25, 0.3) is 0 Å². The molecule has 0 unspecified atom stereocenters. The lowest BCUT2D eigenvalue weighted by atomic mass is 10.1. The molecule has 0 saturated carbocycles. The molecule has 15 heavy (non-hydrogen) atoms. The minimum atomic E-state index is 0.754. The lowest BCUT2D eigenvalue weighted by molar-refractivity contribution is 0.306. The molecule has 0 aliphatic heterocycles. The Morgan fingerprint density at radius 2 is 1.87 bits per heavy atom. The molecule has 2 heteroatoms. The fraction of sp³-hybridized carbons (Fsp3) is 0.538. The number of rotatable bonds is 6. The number of benzene rings is 1. The van der Waals surface area contributed by atoms with Crippen LogP contribution in [-0.4, -0.2) is 12.5 Å². The van der Waals surface area contributed by atoms with Crippen LogP contribution in [0.3, 0.4) is 0 Å². The molecule has 0 heterocycles. The van der Waals surface area contributed by atoms with E-state index in [9.17, 15) is 0 Å². The molecule has 0 aliphatic rings. The summed E-state index contributed by atoms with van der Waals surface area (Å²) in [6.45, 7) is 5.01. The molecule has 0 N–H and O–H groups in total. The number of ether oxygens (including phenoxy) is 1. The fourth-order valence-corrected chi connectivity index (χ4v) is 1.56. The van der Waals surface area contributed by atoms with Gasteiger partial charge in [0.15, 0.2) is 0 Å². The van der Waals surface area contributed by atoms with Gasteiger partial charge < -0.3 is 4.74 Å². The topological polar surface area (TPSA) is 9.23 Å². The van der Waals surface area contributed by atoms with E-state index >= 15 is 0 Å². The second-order valence-corrected chi connectivity index (χ2v) is 4.22. The van der Waals surface area contributed by atoms with Crippen molar-refractivity contribution in [1.29, 1.82) is 0 Å². The van der Waals surface area contributed by atoms with Gasteiger partial charge in [0.2, 0.25) is 0 Å². The molecule has 0 spiro atoms. The third-order valence-corrected chi connectivity index (χ3v) is 2.79. The van der Waals surface area contributed by atoms with Crippen molar-refractivity contribution in [2.75, 3.05) is 12.5 Å². The number of halogens is 1. The van der Waals surface area contributed by atoms with Gasteiger partial charge in [-0.05, 0) is 56.4 Å². The summed E-state index contributed by atoms with van der Waals surface area (Å²) >= 11 is 5.59. The maximum atomic E-state index is 5.65. The monoisotopic (exact) mass is 226 g/mol. The Labute approximate surface area is 97.4 Å². The van der Waals surface area contributed by atoms with Crippen LogP contribution >= 0.6 is 11.6 Å². The predicted octanol–water partition coefficient (Wildman–Crippen LogP) is 4.09. The Kier molecular flexibility index (Phi) is 5.56. The summed E-state index contributed by atoms with van der Waals surface area (Å²) in [4.78, 5) is 0. The third-order valence-electron chi connectivity index (χ3n) is 2.53. The van der Waals surface area contributed by atoms with Crippen molar-refractivity contribution in [2.45, 2.75) is 33.1 Å². The summed E-state index contributed by atoms with van der Waals surface area (Å²) in [7, 11) is 0. The van der Waals surface area contributed by atoms with Crippen LogP contribution in [0.5, 0.6) is 5.75 Å². The summed E-state index contributed by atoms with van der Waals surface area (Å²) < 4.78 is 5.65. The van der Waals surface area contributed by atoms with Gasteiger partial charge in [0.1, 0.15) is 5.75 Å². The fourth-order valence-electron chi connectivity index (χ4n) is 1.37. The van der Waals surface area contributed by atoms with E-state index in [4.69, 9.17) is 16.3 Å². The highest BCUT2D eigenvalue weighted by Gasteiger charge is 1.96. The van der Waals surface area contributed by atoms with Gasteiger partial charge in [-0.3, -0.25) is 0 Å². The Morgan fingerprint density at radius 3 is 2.53 bits per heavy atom. The minimum absolute atomic E-state index is 0.754. The quantitative estimate of drug-likeness (QED) is 0.525. The first-order chi connectivity index (χ1) is 7.24. The maximum absolute atomic E-state index is 5.65. The smallest absolute Gasteiger partial charge is 0.119 e. The van der Waals surface area contributed by atoms with Gasteiger partial charge >= 0.3 is 0 Å². The molecule has 1 aromatic carbocycles. The molecule has 0 fully saturated rings. The highest BCUT2D eigenvalue weighted by molar-refractivity contribution is 6.17. The molecule has 0 atom stereocenters. The zero-order valence-electron chi connectivity index (χ0n) is 9.55. The van der Waals surface area contributed by atoms with Crippen LogP contribution in [-0.2, 0) is 0 Å². The molecular weight excluding hydrogens is 208 g/mol. The Morgan fingerprint density at radius 1 is 1.07 bits per heavy atom. The summed E-state index contributed by atoms with van der Waals surface area (Å²) in [6.07, 6.45) is 3.31. The Bertz CT molecular complexity index is 297. The SMILES string of the molecule is Cc1ccc(OCCCCCCl)cc1C. The van der Waals surface area contributed by atoms with Crippen molar-refractivity contribution >= 4 is 11.6 Å². The summed E-state index contributed by atoms with van der Waals surface area (Å²) in [5, 5.41) is 0. The predicted molar refractivity (Wildman–Crippen MR) is 66.0 cm³/mol. The molecule has 0 bridgehead atoms. The number of unbranched alkanes of at least 4 members (excludes halogenated alkanes) is 2. The van der Waals surface area contributed by atoms with Gasteiger partial charge in [0, 0.05) is 5.88 Å². The zero-order valence-corrected chi connectivity index (χ0v) is 10.3. The van der Waals surface area contributed by atoms with Gasteiger partial charge in [-0.1, -0.05) is 6.07 Å². The maximum Gasteiger partial charge on any atom is 0.119 e. The lowest BCUT2D eigenvalue weighted by Crippen LogP contribution is -1.98. The van der Waals surface area contributed by atoms with Crippen LogP contribution in [0, 0.1) is 13.8 Å². The van der Waals surface area contributed by atoms with Crippen molar-refractivity contribution in [3.63, 3.8) is 0 Å². The number of hydrogen-bond donors (Lipinski definition) is 0. The second-order valence-electron chi connectivity index (χ2n) is 3.84. The molecule has 84 valence electrons. The van der Waals surface area contributed by atoms with Crippen LogP contribution in [0.1, 0.15) is 30.4 Å². The first-order valence-corrected chi connectivity index (χ1v) is 6.03. The standard InChI is InChI=1S/C13H19ClO/c1-11-6-7-13(10-12(11)2)15-9-5-3-4-8-14/h6-7,10H,3-5,8-9H2,1-2H3. The van der Waals surface area contributed by atoms with Crippen LogP contribution in [0.4, 0.5) is 0 Å². The highest BCUT2D eigenvalue weighted by Crippen LogP contribution is 2.16. The molecule has 0 aromatic heterocycles. The van der Waals surface area contributed by atoms with E-state index in [1.807, 2.05) is 6.07 Å². The largest absolute Gasteiger partial charge is 0.494 e. The molecular formula is C13H19ClO. The van der Waals surface area contributed by atoms with Crippen LogP contribution in [0.15, 0.2) is 18.2 Å². The van der Waals surface area contributed by atoms with E-state index in [1.54, 1.807) is 0 Å². The summed E-state index contributed by atoms with van der Waals surface area (Å²) in [5.74, 6) is 1.73. The van der Waals surface area contributed by atoms with Gasteiger partial charge in [-0.25, -0.2) is 0 Å². The molecule has 0 saturated heterocycles. The van der Waals surface area contributed by atoms with E-state index in [2.05, 4.69) is 26.0 Å². The van der Waals surface area contributed by atoms with Gasteiger partial charge in [0.05, 0.1) is 6.61 Å². The molecule has 1 aromatic rings. The zero-order chi connectivity index (χ0) is 11.1. The minimum Gasteiger partial charge on any atom is -0.494 e. The van der Waals surface area contributed by atoms with Crippen LogP contribution < -0.4 is 4.74 Å². The summed E-state index contributed by atoms with van der Waals surface area (Å²) in [6, 6.07) is 6.23. The molecule has 1 nitrogen and oxygen atoms in total. The normalized spacial score (nSPS) is 10.3. The van der Waals surface area contributed by atoms with E-state index in [0.29, 0.717) is 0 Å². The van der Waals surface area contributed by atoms with Gasteiger partial charge in [0.25, 0.3) is 0 Å². The van der Waals surface area contributed by atoms with E-state index in [-0.39, 0.29) is 0 Å². The third kappa shape index (κ3) is 4.57. The lowest BCUT2D eigenvalue weighted by Gasteiger charge is -2.07. The van der Waals surface area contributed by atoms with E-state index < -0.39 is 0 Å². The Balaban J connectivity index is 2.28. The van der Waals surface area contributed by atoms with E-state index in [1.165, 1.54) is 11.1 Å². The highest BCUT2D eigenvalue weighted by atomic mass is 35.5. The average molecular weight is 227 g/mol. The molecule has 0 amide bonds. The molecule has 0 radical (unpaired) electrons. The molecule has 1 rings (SSSR count). The van der Waals surface area contributed by atoms with Crippen molar-refractivity contribution in [3.05, 3.63) is 29.3 Å². The van der Waals surface area contributed by atoms with Crippen molar-refractivity contribution in [1.82, 2.24) is 0 Å². The van der Waals surface area contributed by atoms with Crippen molar-refractivity contribution < 1.29 is 4.74 Å². The van der Waals surface area contributed by atoms with Gasteiger partial charge in [-0.15, -0.1) is 11.6 Å². The van der Waals surface area contributed by atoms with Crippen molar-refractivity contribution in [3.8, 4) is 5.75 Å². The number of alkyl halides is 1.